The molecule has 3 aromatic carbocycles. The summed E-state index contributed by atoms with van der Waals surface area (Å²) in [5.41, 5.74) is 10.8. The van der Waals surface area contributed by atoms with Gasteiger partial charge in [0.2, 0.25) is 5.78 Å². The van der Waals surface area contributed by atoms with Crippen LogP contribution in [-0.2, 0) is 6.54 Å². The normalized spacial score (nSPS) is 11.4. The fraction of sp³-hybridized carbons (Fsp3) is 0.192. The molecule has 0 bridgehead atoms. The van der Waals surface area contributed by atoms with E-state index in [-0.39, 0.29) is 16.6 Å². The zero-order chi connectivity index (χ0) is 22.8. The molecule has 0 aliphatic heterocycles. The highest BCUT2D eigenvalue weighted by Crippen LogP contribution is 2.34. The Morgan fingerprint density at radius 2 is 1.72 bits per heavy atom. The minimum absolute atomic E-state index is 0.0802. The zero-order valence-electron chi connectivity index (χ0n) is 18.0. The van der Waals surface area contributed by atoms with E-state index in [1.807, 2.05) is 18.2 Å². The van der Waals surface area contributed by atoms with Crippen LogP contribution in [0.4, 0.5) is 5.69 Å². The molecule has 4 aromatic rings. The SMILES string of the molecule is CCN(CC)Cc1cccc(-c2ccc3c(N)c(C(=O)c4ccc(Cl)cc4Cl)oc3c2)c1. The van der Waals surface area contributed by atoms with E-state index in [1.165, 1.54) is 11.6 Å². The summed E-state index contributed by atoms with van der Waals surface area (Å²) >= 11 is 12.2. The number of ketones is 1. The lowest BCUT2D eigenvalue weighted by Crippen LogP contribution is -2.22. The fourth-order valence-electron chi connectivity index (χ4n) is 3.82. The van der Waals surface area contributed by atoms with Gasteiger partial charge in [0.1, 0.15) is 5.58 Å². The van der Waals surface area contributed by atoms with Crippen molar-refractivity contribution >= 4 is 45.6 Å². The molecule has 6 heteroatoms. The topological polar surface area (TPSA) is 59.5 Å². The molecular weight excluding hydrogens is 443 g/mol. The fourth-order valence-corrected chi connectivity index (χ4v) is 4.31. The van der Waals surface area contributed by atoms with Crippen LogP contribution in [0.3, 0.4) is 0 Å². The minimum Gasteiger partial charge on any atom is -0.450 e. The molecule has 0 saturated heterocycles. The van der Waals surface area contributed by atoms with Gasteiger partial charge in [0, 0.05) is 22.5 Å². The summed E-state index contributed by atoms with van der Waals surface area (Å²) in [6.07, 6.45) is 0. The van der Waals surface area contributed by atoms with Gasteiger partial charge in [-0.05, 0) is 66.2 Å². The van der Waals surface area contributed by atoms with Gasteiger partial charge >= 0.3 is 0 Å². The van der Waals surface area contributed by atoms with Crippen molar-refractivity contribution in [2.45, 2.75) is 20.4 Å². The number of nitrogens with two attached hydrogens (primary N) is 1. The molecule has 1 aromatic heterocycles. The van der Waals surface area contributed by atoms with Crippen molar-refractivity contribution in [3.8, 4) is 11.1 Å². The summed E-state index contributed by atoms with van der Waals surface area (Å²) in [6.45, 7) is 7.24. The molecule has 0 radical (unpaired) electrons. The summed E-state index contributed by atoms with van der Waals surface area (Å²) in [7, 11) is 0. The van der Waals surface area contributed by atoms with Crippen LogP contribution >= 0.6 is 23.2 Å². The molecule has 1 heterocycles. The molecule has 0 amide bonds. The summed E-state index contributed by atoms with van der Waals surface area (Å²) < 4.78 is 5.92. The third kappa shape index (κ3) is 4.40. The third-order valence-corrected chi connectivity index (χ3v) is 6.22. The Balaban J connectivity index is 1.69. The maximum absolute atomic E-state index is 13.0. The van der Waals surface area contributed by atoms with Crippen LogP contribution in [0.25, 0.3) is 22.1 Å². The Morgan fingerprint density at radius 1 is 0.969 bits per heavy atom. The number of nitrogens with zero attached hydrogens (tertiary/aromatic N) is 1. The van der Waals surface area contributed by atoms with Crippen LogP contribution in [0.2, 0.25) is 10.0 Å². The van der Waals surface area contributed by atoms with Crippen LogP contribution in [0.15, 0.2) is 65.1 Å². The Hall–Kier alpha value is -2.79. The first-order valence-corrected chi connectivity index (χ1v) is 11.3. The number of fused-ring (bicyclic) bond motifs is 1. The Morgan fingerprint density at radius 3 is 2.44 bits per heavy atom. The number of carbonyl (C=O) groups is 1. The summed E-state index contributed by atoms with van der Waals surface area (Å²) in [5.74, 6) is -0.292. The number of carbonyl (C=O) groups excluding carboxylic acids is 1. The lowest BCUT2D eigenvalue weighted by Gasteiger charge is -2.18. The van der Waals surface area contributed by atoms with Crippen molar-refractivity contribution in [1.29, 1.82) is 0 Å². The van der Waals surface area contributed by atoms with Gasteiger partial charge in [-0.25, -0.2) is 0 Å². The minimum atomic E-state index is -0.372. The number of rotatable bonds is 7. The maximum atomic E-state index is 13.0. The smallest absolute Gasteiger partial charge is 0.231 e. The molecule has 4 nitrogen and oxygen atoms in total. The van der Waals surface area contributed by atoms with Gasteiger partial charge in [-0.3, -0.25) is 9.69 Å². The molecule has 0 unspecified atom stereocenters. The highest BCUT2D eigenvalue weighted by molar-refractivity contribution is 6.37. The van der Waals surface area contributed by atoms with Crippen molar-refractivity contribution in [2.75, 3.05) is 18.8 Å². The van der Waals surface area contributed by atoms with Crippen LogP contribution in [0.1, 0.15) is 35.5 Å². The molecule has 32 heavy (non-hydrogen) atoms. The standard InChI is InChI=1S/C26H24Cl2N2O2/c1-3-30(4-2)15-16-6-5-7-17(12-16)18-8-10-21-23(13-18)32-26(24(21)29)25(31)20-11-9-19(27)14-22(20)28/h5-14H,3-4,15,29H2,1-2H3. The number of halogens is 2. The molecule has 0 atom stereocenters. The van der Waals surface area contributed by atoms with E-state index >= 15 is 0 Å². The van der Waals surface area contributed by atoms with E-state index in [4.69, 9.17) is 33.4 Å². The zero-order valence-corrected chi connectivity index (χ0v) is 19.5. The molecule has 0 spiro atoms. The highest BCUT2D eigenvalue weighted by atomic mass is 35.5. The van der Waals surface area contributed by atoms with Gasteiger partial charge in [-0.15, -0.1) is 0 Å². The molecule has 2 N–H and O–H groups in total. The monoisotopic (exact) mass is 466 g/mol. The molecule has 4 rings (SSSR count). The molecule has 0 saturated carbocycles. The van der Waals surface area contributed by atoms with Gasteiger partial charge in [-0.1, -0.05) is 61.3 Å². The first kappa shape index (κ1) is 22.4. The summed E-state index contributed by atoms with van der Waals surface area (Å²) in [4.78, 5) is 15.4. The Kier molecular flexibility index (Phi) is 6.56. The van der Waals surface area contributed by atoms with E-state index in [2.05, 4.69) is 43.0 Å². The van der Waals surface area contributed by atoms with E-state index in [1.54, 1.807) is 12.1 Å². The predicted octanol–water partition coefficient (Wildman–Crippen LogP) is 7.06. The molecule has 0 aliphatic rings. The van der Waals surface area contributed by atoms with Crippen LogP contribution < -0.4 is 5.73 Å². The van der Waals surface area contributed by atoms with Gasteiger partial charge < -0.3 is 10.2 Å². The molecular formula is C26H24Cl2N2O2. The van der Waals surface area contributed by atoms with Crippen molar-refractivity contribution < 1.29 is 9.21 Å². The molecule has 0 fully saturated rings. The van der Waals surface area contributed by atoms with Crippen molar-refractivity contribution in [2.24, 2.45) is 0 Å². The number of nitrogen functional groups attached to an aromatic ring is 1. The quantitative estimate of drug-likeness (QED) is 0.296. The summed E-state index contributed by atoms with van der Waals surface area (Å²) in [6, 6.07) is 19.0. The first-order valence-electron chi connectivity index (χ1n) is 10.5. The van der Waals surface area contributed by atoms with Crippen LogP contribution in [0, 0.1) is 0 Å². The van der Waals surface area contributed by atoms with Crippen LogP contribution in [0.5, 0.6) is 0 Å². The lowest BCUT2D eigenvalue weighted by atomic mass is 10.0. The number of anilines is 1. The average Bonchev–Trinajstić information content (AvgIpc) is 3.13. The second-order valence-corrected chi connectivity index (χ2v) is 8.51. The first-order chi connectivity index (χ1) is 15.4. The average molecular weight is 467 g/mol. The molecule has 164 valence electrons. The van der Waals surface area contributed by atoms with E-state index < -0.39 is 0 Å². The highest BCUT2D eigenvalue weighted by Gasteiger charge is 2.22. The number of hydrogen-bond acceptors (Lipinski definition) is 4. The van der Waals surface area contributed by atoms with E-state index in [0.717, 1.165) is 30.8 Å². The second-order valence-electron chi connectivity index (χ2n) is 7.67. The summed E-state index contributed by atoms with van der Waals surface area (Å²) in [5, 5.41) is 1.41. The van der Waals surface area contributed by atoms with Gasteiger partial charge in [0.15, 0.2) is 5.76 Å². The Labute approximate surface area is 197 Å². The second kappa shape index (κ2) is 9.37. The van der Waals surface area contributed by atoms with E-state index in [9.17, 15) is 4.79 Å². The maximum Gasteiger partial charge on any atom is 0.231 e. The Bertz CT molecular complexity index is 1290. The predicted molar refractivity (Wildman–Crippen MR) is 133 cm³/mol. The largest absolute Gasteiger partial charge is 0.450 e. The van der Waals surface area contributed by atoms with Crippen molar-refractivity contribution in [3.05, 3.63) is 87.6 Å². The number of hydrogen-bond donors (Lipinski definition) is 1. The van der Waals surface area contributed by atoms with Gasteiger partial charge in [0.25, 0.3) is 0 Å². The van der Waals surface area contributed by atoms with Gasteiger partial charge in [0.05, 0.1) is 10.7 Å². The van der Waals surface area contributed by atoms with Crippen molar-refractivity contribution in [1.82, 2.24) is 4.90 Å². The number of benzene rings is 3. The van der Waals surface area contributed by atoms with E-state index in [0.29, 0.717) is 27.2 Å². The lowest BCUT2D eigenvalue weighted by molar-refractivity contribution is 0.101. The van der Waals surface area contributed by atoms with Gasteiger partial charge in [-0.2, -0.15) is 0 Å². The van der Waals surface area contributed by atoms with Crippen LogP contribution in [-0.4, -0.2) is 23.8 Å². The number of furan rings is 1. The molecule has 0 aliphatic carbocycles. The third-order valence-electron chi connectivity index (χ3n) is 5.67. The van der Waals surface area contributed by atoms with Crippen molar-refractivity contribution in [3.63, 3.8) is 0 Å².